The summed E-state index contributed by atoms with van der Waals surface area (Å²) in [7, 11) is 1.56. The smallest absolute Gasteiger partial charge is 0.257 e. The van der Waals surface area contributed by atoms with Crippen LogP contribution >= 0.6 is 11.8 Å². The van der Waals surface area contributed by atoms with Gasteiger partial charge in [-0.2, -0.15) is 11.8 Å². The van der Waals surface area contributed by atoms with E-state index < -0.39 is 5.91 Å². The molecule has 3 heterocycles. The Morgan fingerprint density at radius 1 is 1.30 bits per heavy atom. The number of nitrogens with one attached hydrogen (secondary N) is 2. The molecule has 1 aromatic carbocycles. The predicted octanol–water partition coefficient (Wildman–Crippen LogP) is 2.80. The number of ether oxygens (including phenoxy) is 1. The van der Waals surface area contributed by atoms with Crippen LogP contribution in [-0.2, 0) is 0 Å². The van der Waals surface area contributed by atoms with Crippen LogP contribution in [0.5, 0.6) is 5.75 Å². The second kappa shape index (κ2) is 8.58. The summed E-state index contributed by atoms with van der Waals surface area (Å²) in [5.74, 6) is 1.63. The van der Waals surface area contributed by atoms with Crippen LogP contribution in [0.25, 0.3) is 16.6 Å². The lowest BCUT2D eigenvalue weighted by atomic mass is 10.1. The van der Waals surface area contributed by atoms with Gasteiger partial charge in [-0.25, -0.2) is 0 Å². The third kappa shape index (κ3) is 3.76. The Labute approximate surface area is 176 Å². The molecule has 1 unspecified atom stereocenters. The normalized spacial score (nSPS) is 12.2. The zero-order valence-electron chi connectivity index (χ0n) is 16.6. The van der Waals surface area contributed by atoms with Gasteiger partial charge in [0.2, 0.25) is 5.43 Å². The Hall–Kier alpha value is -3.33. The van der Waals surface area contributed by atoms with Crippen LogP contribution in [0, 0.1) is 0 Å². The van der Waals surface area contributed by atoms with E-state index in [4.69, 9.17) is 4.74 Å². The number of amides is 1. The molecule has 154 valence electrons. The number of benzene rings is 1. The third-order valence-corrected chi connectivity index (χ3v) is 5.54. The van der Waals surface area contributed by atoms with Gasteiger partial charge in [0.1, 0.15) is 11.3 Å². The predicted molar refractivity (Wildman–Crippen MR) is 117 cm³/mol. The summed E-state index contributed by atoms with van der Waals surface area (Å²) in [6.45, 7) is 0. The highest BCUT2D eigenvalue weighted by molar-refractivity contribution is 7.98. The number of H-pyrrole nitrogens is 1. The van der Waals surface area contributed by atoms with Gasteiger partial charge in [0.05, 0.1) is 18.7 Å². The zero-order valence-corrected chi connectivity index (χ0v) is 17.4. The van der Waals surface area contributed by atoms with E-state index in [0.717, 1.165) is 5.75 Å². The van der Waals surface area contributed by atoms with Crippen molar-refractivity contribution in [2.24, 2.45) is 0 Å². The van der Waals surface area contributed by atoms with Crippen LogP contribution in [0.2, 0.25) is 0 Å². The molecule has 0 aliphatic rings. The second-order valence-electron chi connectivity index (χ2n) is 6.74. The van der Waals surface area contributed by atoms with E-state index >= 15 is 0 Å². The Kier molecular flexibility index (Phi) is 5.71. The number of pyridine rings is 2. The summed E-state index contributed by atoms with van der Waals surface area (Å²) in [5.41, 5.74) is 1.03. The first-order valence-corrected chi connectivity index (χ1v) is 10.8. The number of fused-ring (bicyclic) bond motifs is 2. The summed E-state index contributed by atoms with van der Waals surface area (Å²) in [6.07, 6.45) is 5.96. The fourth-order valence-corrected chi connectivity index (χ4v) is 3.80. The first kappa shape index (κ1) is 20.0. The highest BCUT2D eigenvalue weighted by atomic mass is 32.2. The van der Waals surface area contributed by atoms with E-state index in [2.05, 4.69) is 20.5 Å². The average Bonchev–Trinajstić information content (AvgIpc) is 3.20. The van der Waals surface area contributed by atoms with Gasteiger partial charge in [-0.3, -0.25) is 14.0 Å². The molecule has 4 rings (SSSR count). The van der Waals surface area contributed by atoms with E-state index in [1.54, 1.807) is 37.1 Å². The zero-order chi connectivity index (χ0) is 21.1. The quantitative estimate of drug-likeness (QED) is 0.474. The molecular formula is C21H21N5O3S. The van der Waals surface area contributed by atoms with E-state index in [1.165, 1.54) is 6.20 Å². The number of thioether (sulfide) groups is 1. The van der Waals surface area contributed by atoms with Crippen LogP contribution in [-0.4, -0.2) is 44.6 Å². The van der Waals surface area contributed by atoms with Crippen molar-refractivity contribution in [3.8, 4) is 5.75 Å². The number of hydrogen-bond donors (Lipinski definition) is 2. The van der Waals surface area contributed by atoms with Gasteiger partial charge in [-0.1, -0.05) is 6.07 Å². The van der Waals surface area contributed by atoms with Crippen LogP contribution in [0.4, 0.5) is 0 Å². The van der Waals surface area contributed by atoms with E-state index in [1.807, 2.05) is 35.1 Å². The molecule has 8 nitrogen and oxygen atoms in total. The highest BCUT2D eigenvalue weighted by Gasteiger charge is 2.22. The second-order valence-corrected chi connectivity index (χ2v) is 7.72. The van der Waals surface area contributed by atoms with Crippen molar-refractivity contribution >= 4 is 34.2 Å². The number of rotatable bonds is 7. The standard InChI is InChI=1S/C21H21N5O3S/c1-29-13-6-7-14-17(11-13)22-12-15(19(14)27)21(28)23-16(8-10-30-2)20-25-24-18-5-3-4-9-26(18)20/h3-7,9,11-12,16H,8,10H2,1-2H3,(H,22,27)(H,23,28). The fraction of sp³-hybridized carbons (Fsp3) is 0.238. The van der Waals surface area contributed by atoms with Crippen molar-refractivity contribution in [3.63, 3.8) is 0 Å². The van der Waals surface area contributed by atoms with Crippen molar-refractivity contribution in [1.82, 2.24) is 24.9 Å². The third-order valence-electron chi connectivity index (χ3n) is 4.90. The molecule has 30 heavy (non-hydrogen) atoms. The van der Waals surface area contributed by atoms with Crippen molar-refractivity contribution in [1.29, 1.82) is 0 Å². The summed E-state index contributed by atoms with van der Waals surface area (Å²) >= 11 is 1.68. The maximum Gasteiger partial charge on any atom is 0.257 e. The van der Waals surface area contributed by atoms with Crippen molar-refractivity contribution in [2.45, 2.75) is 12.5 Å². The molecule has 1 amide bonds. The number of methoxy groups -OCH3 is 1. The minimum atomic E-state index is -0.451. The van der Waals surface area contributed by atoms with Crippen molar-refractivity contribution < 1.29 is 9.53 Å². The topological polar surface area (TPSA) is 101 Å². The molecular weight excluding hydrogens is 402 g/mol. The first-order valence-electron chi connectivity index (χ1n) is 9.41. The van der Waals surface area contributed by atoms with Gasteiger partial charge < -0.3 is 15.0 Å². The SMILES string of the molecule is COc1ccc2c(=O)c(C(=O)NC(CCSC)c3nnc4ccccn34)c[nH]c2c1. The Morgan fingerprint density at radius 2 is 2.17 bits per heavy atom. The molecule has 0 bridgehead atoms. The van der Waals surface area contributed by atoms with Gasteiger partial charge in [-0.05, 0) is 42.7 Å². The summed E-state index contributed by atoms with van der Waals surface area (Å²) in [6, 6.07) is 10.3. The number of aromatic amines is 1. The monoisotopic (exact) mass is 423 g/mol. The molecule has 0 radical (unpaired) electrons. The summed E-state index contributed by atoms with van der Waals surface area (Å²) in [5, 5.41) is 11.9. The molecule has 0 aliphatic carbocycles. The minimum Gasteiger partial charge on any atom is -0.497 e. The lowest BCUT2D eigenvalue weighted by molar-refractivity contribution is 0.0932. The molecule has 0 saturated heterocycles. The van der Waals surface area contributed by atoms with Crippen LogP contribution < -0.4 is 15.5 Å². The first-order chi connectivity index (χ1) is 14.6. The average molecular weight is 423 g/mol. The van der Waals surface area contributed by atoms with Crippen LogP contribution in [0.1, 0.15) is 28.6 Å². The molecule has 0 spiro atoms. The Morgan fingerprint density at radius 3 is 2.97 bits per heavy atom. The van der Waals surface area contributed by atoms with E-state index in [0.29, 0.717) is 34.5 Å². The largest absolute Gasteiger partial charge is 0.497 e. The van der Waals surface area contributed by atoms with E-state index in [9.17, 15) is 9.59 Å². The summed E-state index contributed by atoms with van der Waals surface area (Å²) in [4.78, 5) is 28.9. The molecule has 0 fully saturated rings. The number of carbonyl (C=O) groups excluding carboxylic acids is 1. The number of aromatic nitrogens is 4. The lowest BCUT2D eigenvalue weighted by Crippen LogP contribution is -2.33. The van der Waals surface area contributed by atoms with E-state index in [-0.39, 0.29) is 17.0 Å². The lowest BCUT2D eigenvalue weighted by Gasteiger charge is -2.17. The molecule has 2 N–H and O–H groups in total. The molecule has 0 saturated carbocycles. The highest BCUT2D eigenvalue weighted by Crippen LogP contribution is 2.20. The minimum absolute atomic E-state index is 0.0515. The fourth-order valence-electron chi connectivity index (χ4n) is 3.33. The molecule has 4 aromatic rings. The van der Waals surface area contributed by atoms with Gasteiger partial charge in [0.25, 0.3) is 5.91 Å². The number of nitrogens with zero attached hydrogens (tertiary/aromatic N) is 3. The maximum absolute atomic E-state index is 13.0. The molecule has 0 aliphatic heterocycles. The van der Waals surface area contributed by atoms with Gasteiger partial charge in [-0.15, -0.1) is 10.2 Å². The number of hydrogen-bond acceptors (Lipinski definition) is 6. The Bertz CT molecular complexity index is 1270. The van der Waals surface area contributed by atoms with Crippen LogP contribution in [0.3, 0.4) is 0 Å². The van der Waals surface area contributed by atoms with Crippen molar-refractivity contribution in [2.75, 3.05) is 19.1 Å². The summed E-state index contributed by atoms with van der Waals surface area (Å²) < 4.78 is 7.04. The maximum atomic E-state index is 13.0. The number of carbonyl (C=O) groups is 1. The molecule has 3 aromatic heterocycles. The molecule has 9 heteroatoms. The van der Waals surface area contributed by atoms with Crippen LogP contribution in [0.15, 0.2) is 53.6 Å². The van der Waals surface area contributed by atoms with Gasteiger partial charge in [0.15, 0.2) is 11.5 Å². The van der Waals surface area contributed by atoms with Gasteiger partial charge >= 0.3 is 0 Å². The Balaban J connectivity index is 1.67. The molecule has 1 atom stereocenters. The van der Waals surface area contributed by atoms with Crippen molar-refractivity contribution in [3.05, 3.63) is 70.4 Å². The van der Waals surface area contributed by atoms with Gasteiger partial charge in [0, 0.05) is 23.8 Å².